The first kappa shape index (κ1) is 26.6. The number of hydrogen-bond donors (Lipinski definition) is 0. The van der Waals surface area contributed by atoms with E-state index in [-0.39, 0.29) is 22.4 Å². The van der Waals surface area contributed by atoms with Crippen molar-refractivity contribution in [2.75, 3.05) is 6.16 Å². The highest BCUT2D eigenvalue weighted by Gasteiger charge is 2.57. The lowest BCUT2D eigenvalue weighted by atomic mass is 10.4. The molecule has 0 saturated heterocycles. The molecule has 4 aromatic rings. The van der Waals surface area contributed by atoms with Gasteiger partial charge in [0.25, 0.3) is 0 Å². The monoisotopic (exact) mass is 550 g/mol. The summed E-state index contributed by atoms with van der Waals surface area (Å²) in [6.45, 7) is 4.53. The fourth-order valence-electron chi connectivity index (χ4n) is 5.19. The van der Waals surface area contributed by atoms with E-state index < -0.39 is 14.4 Å². The van der Waals surface area contributed by atoms with Crippen molar-refractivity contribution in [2.24, 2.45) is 0 Å². The third-order valence-electron chi connectivity index (χ3n) is 6.69. The van der Waals surface area contributed by atoms with Gasteiger partial charge in [0.15, 0.2) is 7.14 Å². The van der Waals surface area contributed by atoms with Gasteiger partial charge in [0.05, 0.1) is 24.0 Å². The third kappa shape index (κ3) is 4.87. The molecule has 0 saturated carbocycles. The molecule has 0 fully saturated rings. The van der Waals surface area contributed by atoms with Crippen LogP contribution in [0.3, 0.4) is 0 Å². The van der Waals surface area contributed by atoms with Crippen molar-refractivity contribution in [3.8, 4) is 0 Å². The molecule has 4 heteroatoms. The maximum Gasteiger partial charge on any atom is 0.181 e. The molecule has 0 aromatic heterocycles. The van der Waals surface area contributed by atoms with Gasteiger partial charge in [0.2, 0.25) is 0 Å². The zero-order valence-electron chi connectivity index (χ0n) is 19.9. The lowest BCUT2D eigenvalue weighted by Crippen LogP contribution is -3.00. The summed E-state index contributed by atoms with van der Waals surface area (Å²) >= 11 is 0. The zero-order chi connectivity index (χ0) is 23.2. The van der Waals surface area contributed by atoms with Gasteiger partial charge in [0.1, 0.15) is 5.40 Å². The van der Waals surface area contributed by atoms with E-state index in [9.17, 15) is 0 Å². The average Bonchev–Trinajstić information content (AvgIpc) is 2.91. The summed E-state index contributed by atoms with van der Waals surface area (Å²) < 4.78 is 15.7. The minimum atomic E-state index is -2.97. The summed E-state index contributed by atoms with van der Waals surface area (Å²) in [7, 11) is -4.99. The summed E-state index contributed by atoms with van der Waals surface area (Å²) in [5, 5.41) is 4.68. The Labute approximate surface area is 216 Å². The second-order valence-electron chi connectivity index (χ2n) is 8.45. The van der Waals surface area contributed by atoms with Gasteiger partial charge in [-0.05, 0) is 37.6 Å². The second kappa shape index (κ2) is 12.1. The lowest BCUT2D eigenvalue weighted by molar-refractivity contribution is -0.00000777. The minimum absolute atomic E-state index is 0. The highest BCUT2D eigenvalue weighted by molar-refractivity contribution is 8.01. The first-order chi connectivity index (χ1) is 16.2. The van der Waals surface area contributed by atoms with E-state index in [1.165, 1.54) is 10.6 Å². The molecule has 176 valence electrons. The van der Waals surface area contributed by atoms with Gasteiger partial charge in [-0.15, -0.1) is 0 Å². The Morgan fingerprint density at radius 1 is 0.618 bits per heavy atom. The molecule has 0 radical (unpaired) electrons. The molecule has 4 aromatic carbocycles. The standard InChI is InChI=1S/C30H33OP2.BrH/c1-3-17-30(33(31,28-22-13-7-14-23-28)29-24-15-8-16-25-29)32(4-2,26-18-9-5-10-19-26)27-20-11-6-12-21-27;/h5-16,18-25,30H,3-4,17H2,1-2H3;1H/q+1;/p-1. The summed E-state index contributed by atoms with van der Waals surface area (Å²) in [6, 6.07) is 42.3. The van der Waals surface area contributed by atoms with Crippen LogP contribution in [0.5, 0.6) is 0 Å². The molecule has 0 heterocycles. The van der Waals surface area contributed by atoms with Crippen molar-refractivity contribution < 1.29 is 21.5 Å². The van der Waals surface area contributed by atoms with Crippen LogP contribution >= 0.6 is 14.4 Å². The molecule has 1 nitrogen and oxygen atoms in total. The van der Waals surface area contributed by atoms with Gasteiger partial charge in [-0.1, -0.05) is 110 Å². The number of hydrogen-bond acceptors (Lipinski definition) is 1. The number of halogens is 1. The molecule has 0 aliphatic rings. The van der Waals surface area contributed by atoms with Crippen LogP contribution in [-0.4, -0.2) is 11.6 Å². The van der Waals surface area contributed by atoms with E-state index >= 15 is 4.57 Å². The summed E-state index contributed by atoms with van der Waals surface area (Å²) in [5.41, 5.74) is 0. The van der Waals surface area contributed by atoms with Crippen molar-refractivity contribution >= 4 is 35.6 Å². The van der Waals surface area contributed by atoms with E-state index in [0.717, 1.165) is 29.6 Å². The highest BCUT2D eigenvalue weighted by Crippen LogP contribution is 2.73. The van der Waals surface area contributed by atoms with Crippen LogP contribution in [0.2, 0.25) is 0 Å². The Hall–Kier alpha value is -1.98. The maximum absolute atomic E-state index is 15.7. The predicted octanol–water partition coefficient (Wildman–Crippen LogP) is 3.82. The normalized spacial score (nSPS) is 12.5. The molecular weight excluding hydrogens is 518 g/mol. The Morgan fingerprint density at radius 2 is 0.971 bits per heavy atom. The van der Waals surface area contributed by atoms with Crippen LogP contribution in [0.4, 0.5) is 0 Å². The Morgan fingerprint density at radius 3 is 1.29 bits per heavy atom. The van der Waals surface area contributed by atoms with Gasteiger partial charge in [-0.2, -0.15) is 0 Å². The first-order valence-corrected chi connectivity index (χ1v) is 15.7. The van der Waals surface area contributed by atoms with Gasteiger partial charge in [0, 0.05) is 10.6 Å². The van der Waals surface area contributed by atoms with E-state index in [0.29, 0.717) is 0 Å². The van der Waals surface area contributed by atoms with Gasteiger partial charge in [-0.3, -0.25) is 0 Å². The van der Waals surface area contributed by atoms with Crippen LogP contribution in [0, 0.1) is 0 Å². The van der Waals surface area contributed by atoms with Crippen molar-refractivity contribution in [1.82, 2.24) is 0 Å². The van der Waals surface area contributed by atoms with E-state index in [4.69, 9.17) is 0 Å². The van der Waals surface area contributed by atoms with Crippen molar-refractivity contribution in [3.05, 3.63) is 121 Å². The second-order valence-corrected chi connectivity index (χ2v) is 15.9. The number of benzene rings is 4. The SMILES string of the molecule is CCCC(P(=O)(c1ccccc1)c1ccccc1)[P+](CC)(c1ccccc1)c1ccccc1.[Br-]. The quantitative estimate of drug-likeness (QED) is 0.289. The topological polar surface area (TPSA) is 17.1 Å². The predicted molar refractivity (Wildman–Crippen MR) is 148 cm³/mol. The van der Waals surface area contributed by atoms with E-state index in [1.54, 1.807) is 0 Å². The molecule has 0 bridgehead atoms. The van der Waals surface area contributed by atoms with Crippen LogP contribution in [0.25, 0.3) is 0 Å². The Kier molecular flexibility index (Phi) is 9.49. The molecule has 1 atom stereocenters. The van der Waals surface area contributed by atoms with Gasteiger partial charge >= 0.3 is 0 Å². The Bertz CT molecular complexity index is 1100. The van der Waals surface area contributed by atoms with E-state index in [1.807, 2.05) is 36.4 Å². The van der Waals surface area contributed by atoms with Crippen LogP contribution in [0.1, 0.15) is 26.7 Å². The summed E-state index contributed by atoms with van der Waals surface area (Å²) in [5.74, 6) is 0. The fraction of sp³-hybridized carbons (Fsp3) is 0.200. The fourth-order valence-corrected chi connectivity index (χ4v) is 16.6. The molecule has 1 unspecified atom stereocenters. The molecular formula is C30H33BrOP2. The van der Waals surface area contributed by atoms with Crippen molar-refractivity contribution in [1.29, 1.82) is 0 Å². The molecule has 0 aliphatic heterocycles. The summed E-state index contributed by atoms with van der Waals surface area (Å²) in [4.78, 5) is 0. The van der Waals surface area contributed by atoms with Crippen LogP contribution < -0.4 is 38.2 Å². The summed E-state index contributed by atoms with van der Waals surface area (Å²) in [6.07, 6.45) is 2.90. The largest absolute Gasteiger partial charge is 1.00 e. The average molecular weight is 551 g/mol. The molecule has 4 rings (SSSR count). The smallest absolute Gasteiger partial charge is 0.181 e. The van der Waals surface area contributed by atoms with Crippen molar-refractivity contribution in [3.63, 3.8) is 0 Å². The minimum Gasteiger partial charge on any atom is -1.00 e. The Balaban J connectivity index is 0.00000324. The van der Waals surface area contributed by atoms with E-state index in [2.05, 4.69) is 98.8 Å². The molecule has 0 aliphatic carbocycles. The number of rotatable bonds is 9. The zero-order valence-corrected chi connectivity index (χ0v) is 23.3. The van der Waals surface area contributed by atoms with Gasteiger partial charge in [-0.25, -0.2) is 0 Å². The molecule has 0 spiro atoms. The van der Waals surface area contributed by atoms with Crippen LogP contribution in [0.15, 0.2) is 121 Å². The van der Waals surface area contributed by atoms with Crippen molar-refractivity contribution in [2.45, 2.75) is 32.1 Å². The molecule has 34 heavy (non-hydrogen) atoms. The maximum atomic E-state index is 15.7. The molecule has 0 N–H and O–H groups in total. The highest BCUT2D eigenvalue weighted by atomic mass is 79.9. The van der Waals surface area contributed by atoms with Gasteiger partial charge < -0.3 is 21.5 Å². The lowest BCUT2D eigenvalue weighted by Gasteiger charge is -2.39. The molecule has 0 amide bonds. The first-order valence-electron chi connectivity index (χ1n) is 11.9. The third-order valence-corrected chi connectivity index (χ3v) is 16.8. The van der Waals surface area contributed by atoms with Crippen LogP contribution in [-0.2, 0) is 4.57 Å².